The number of carbonyl (C=O) groups is 2. The number of amides is 2. The van der Waals surface area contributed by atoms with E-state index in [4.69, 9.17) is 32.7 Å². The van der Waals surface area contributed by atoms with Crippen LogP contribution in [0.4, 0.5) is 0 Å². The molecule has 1 heterocycles. The molecule has 0 saturated heterocycles. The fourth-order valence-electron chi connectivity index (χ4n) is 2.95. The highest BCUT2D eigenvalue weighted by Gasteiger charge is 2.17. The van der Waals surface area contributed by atoms with Crippen LogP contribution in [0.1, 0.15) is 21.5 Å². The van der Waals surface area contributed by atoms with Crippen LogP contribution in [0, 0.1) is 0 Å². The van der Waals surface area contributed by atoms with Crippen molar-refractivity contribution in [3.05, 3.63) is 99.2 Å². The standard InChI is InChI=1S/C24H17Cl2N3O4/c25-18-8-4-7-17(22(18)26)13-27-29-24(31)19(28-23(30)16-5-2-1-3-6-16)11-15-9-10-20-21(12-15)33-14-32-20/h1-13H,14H2,(H,28,30)(H,29,31). The highest BCUT2D eigenvalue weighted by Crippen LogP contribution is 2.33. The maximum absolute atomic E-state index is 12.9. The maximum atomic E-state index is 12.9. The zero-order valence-corrected chi connectivity index (χ0v) is 18.6. The van der Waals surface area contributed by atoms with Gasteiger partial charge >= 0.3 is 0 Å². The summed E-state index contributed by atoms with van der Waals surface area (Å²) < 4.78 is 10.7. The summed E-state index contributed by atoms with van der Waals surface area (Å²) in [5, 5.41) is 7.25. The number of fused-ring (bicyclic) bond motifs is 1. The molecule has 0 fully saturated rings. The molecule has 4 rings (SSSR count). The predicted octanol–water partition coefficient (Wildman–Crippen LogP) is 4.64. The number of halogens is 2. The molecule has 0 bridgehead atoms. The lowest BCUT2D eigenvalue weighted by Gasteiger charge is -2.09. The molecule has 0 aliphatic carbocycles. The van der Waals surface area contributed by atoms with Gasteiger partial charge < -0.3 is 14.8 Å². The zero-order chi connectivity index (χ0) is 23.2. The van der Waals surface area contributed by atoms with Gasteiger partial charge in [-0.25, -0.2) is 5.43 Å². The average Bonchev–Trinajstić information content (AvgIpc) is 3.30. The fourth-order valence-corrected chi connectivity index (χ4v) is 3.31. The summed E-state index contributed by atoms with van der Waals surface area (Å²) in [4.78, 5) is 25.5. The zero-order valence-electron chi connectivity index (χ0n) is 17.0. The monoisotopic (exact) mass is 481 g/mol. The van der Waals surface area contributed by atoms with Crippen molar-refractivity contribution in [3.8, 4) is 11.5 Å². The van der Waals surface area contributed by atoms with Gasteiger partial charge in [0, 0.05) is 11.1 Å². The summed E-state index contributed by atoms with van der Waals surface area (Å²) in [6, 6.07) is 18.8. The molecule has 3 aromatic rings. The Hall–Kier alpha value is -3.81. The van der Waals surface area contributed by atoms with Crippen LogP contribution < -0.4 is 20.2 Å². The van der Waals surface area contributed by atoms with Crippen LogP contribution in [0.2, 0.25) is 10.0 Å². The third-order valence-electron chi connectivity index (χ3n) is 4.59. The molecule has 0 unspecified atom stereocenters. The topological polar surface area (TPSA) is 89.0 Å². The van der Waals surface area contributed by atoms with Crippen molar-refractivity contribution in [1.82, 2.24) is 10.7 Å². The Morgan fingerprint density at radius 2 is 1.73 bits per heavy atom. The van der Waals surface area contributed by atoms with Crippen LogP contribution in [0.15, 0.2) is 77.5 Å². The molecular weight excluding hydrogens is 465 g/mol. The van der Waals surface area contributed by atoms with E-state index in [0.717, 1.165) is 0 Å². The summed E-state index contributed by atoms with van der Waals surface area (Å²) in [5.41, 5.74) is 3.93. The summed E-state index contributed by atoms with van der Waals surface area (Å²) in [6.07, 6.45) is 2.88. The van der Waals surface area contributed by atoms with Crippen LogP contribution in [0.3, 0.4) is 0 Å². The molecule has 166 valence electrons. The number of hydrogen-bond donors (Lipinski definition) is 2. The van der Waals surface area contributed by atoms with Crippen molar-refractivity contribution < 1.29 is 19.1 Å². The molecule has 2 N–H and O–H groups in total. The highest BCUT2D eigenvalue weighted by molar-refractivity contribution is 6.43. The minimum atomic E-state index is -0.633. The molecule has 1 aliphatic heterocycles. The first-order chi connectivity index (χ1) is 16.0. The van der Waals surface area contributed by atoms with Crippen LogP contribution in [-0.4, -0.2) is 24.8 Å². The van der Waals surface area contributed by atoms with E-state index in [1.807, 2.05) is 0 Å². The van der Waals surface area contributed by atoms with Crippen LogP contribution in [0.25, 0.3) is 6.08 Å². The van der Waals surface area contributed by atoms with E-state index in [1.54, 1.807) is 66.7 Å². The van der Waals surface area contributed by atoms with E-state index >= 15 is 0 Å². The van der Waals surface area contributed by atoms with Gasteiger partial charge in [-0.3, -0.25) is 9.59 Å². The normalized spacial score (nSPS) is 12.6. The van der Waals surface area contributed by atoms with E-state index < -0.39 is 11.8 Å². The lowest BCUT2D eigenvalue weighted by atomic mass is 10.1. The van der Waals surface area contributed by atoms with Gasteiger partial charge in [-0.15, -0.1) is 0 Å². The number of nitrogens with one attached hydrogen (secondary N) is 2. The summed E-state index contributed by atoms with van der Waals surface area (Å²) in [5.74, 6) is 0.0759. The Morgan fingerprint density at radius 3 is 2.55 bits per heavy atom. The van der Waals surface area contributed by atoms with Crippen LogP contribution in [-0.2, 0) is 4.79 Å². The molecule has 9 heteroatoms. The number of carbonyl (C=O) groups excluding carboxylic acids is 2. The Bertz CT molecular complexity index is 1260. The van der Waals surface area contributed by atoms with Crippen LogP contribution in [0.5, 0.6) is 11.5 Å². The van der Waals surface area contributed by atoms with E-state index in [0.29, 0.717) is 38.2 Å². The van der Waals surface area contributed by atoms with Gasteiger partial charge in [0.25, 0.3) is 11.8 Å². The van der Waals surface area contributed by atoms with Gasteiger partial charge in [0.1, 0.15) is 5.70 Å². The van der Waals surface area contributed by atoms with Crippen molar-refractivity contribution in [2.75, 3.05) is 6.79 Å². The molecule has 0 aromatic heterocycles. The molecule has 3 aromatic carbocycles. The molecule has 33 heavy (non-hydrogen) atoms. The molecule has 2 amide bonds. The first kappa shape index (κ1) is 22.4. The second-order valence-corrected chi connectivity index (χ2v) is 7.62. The van der Waals surface area contributed by atoms with E-state index in [1.165, 1.54) is 12.3 Å². The summed E-state index contributed by atoms with van der Waals surface area (Å²) in [7, 11) is 0. The Kier molecular flexibility index (Phi) is 6.92. The molecule has 0 radical (unpaired) electrons. The Balaban J connectivity index is 1.57. The minimum absolute atomic E-state index is 0.0166. The fraction of sp³-hybridized carbons (Fsp3) is 0.0417. The SMILES string of the molecule is O=C(NN=Cc1cccc(Cl)c1Cl)C(=Cc1ccc2c(c1)OCO2)NC(=O)c1ccccc1. The molecule has 1 aliphatic rings. The van der Waals surface area contributed by atoms with Gasteiger partial charge in [-0.2, -0.15) is 5.10 Å². The van der Waals surface area contributed by atoms with Gasteiger partial charge in [0.2, 0.25) is 6.79 Å². The van der Waals surface area contributed by atoms with Crippen molar-refractivity contribution in [2.24, 2.45) is 5.10 Å². The largest absolute Gasteiger partial charge is 0.454 e. The minimum Gasteiger partial charge on any atom is -0.454 e. The molecular formula is C24H17Cl2N3O4. The molecule has 0 spiro atoms. The number of nitrogens with zero attached hydrogens (tertiary/aromatic N) is 1. The third kappa shape index (κ3) is 5.52. The molecule has 0 atom stereocenters. The molecule has 0 saturated carbocycles. The van der Waals surface area contributed by atoms with E-state index in [-0.39, 0.29) is 12.5 Å². The van der Waals surface area contributed by atoms with E-state index in [2.05, 4.69) is 15.8 Å². The van der Waals surface area contributed by atoms with Crippen molar-refractivity contribution in [2.45, 2.75) is 0 Å². The first-order valence-electron chi connectivity index (χ1n) is 9.76. The van der Waals surface area contributed by atoms with Crippen LogP contribution >= 0.6 is 23.2 Å². The van der Waals surface area contributed by atoms with Gasteiger partial charge in [0.15, 0.2) is 11.5 Å². The predicted molar refractivity (Wildman–Crippen MR) is 127 cm³/mol. The Labute approximate surface area is 199 Å². The second kappa shape index (κ2) is 10.2. The van der Waals surface area contributed by atoms with E-state index in [9.17, 15) is 9.59 Å². The number of benzene rings is 3. The summed E-state index contributed by atoms with van der Waals surface area (Å²) >= 11 is 12.1. The van der Waals surface area contributed by atoms with Gasteiger partial charge in [-0.05, 0) is 42.0 Å². The smallest absolute Gasteiger partial charge is 0.287 e. The quantitative estimate of drug-likeness (QED) is 0.304. The van der Waals surface area contributed by atoms with Gasteiger partial charge in [0.05, 0.1) is 16.3 Å². The maximum Gasteiger partial charge on any atom is 0.287 e. The average molecular weight is 482 g/mol. The van der Waals surface area contributed by atoms with Crippen molar-refractivity contribution >= 4 is 47.3 Å². The van der Waals surface area contributed by atoms with Crippen molar-refractivity contribution in [1.29, 1.82) is 0 Å². The number of hydrogen-bond acceptors (Lipinski definition) is 5. The lowest BCUT2D eigenvalue weighted by molar-refractivity contribution is -0.117. The lowest BCUT2D eigenvalue weighted by Crippen LogP contribution is -2.32. The van der Waals surface area contributed by atoms with Crippen molar-refractivity contribution in [3.63, 3.8) is 0 Å². The Morgan fingerprint density at radius 1 is 0.939 bits per heavy atom. The number of rotatable bonds is 6. The second-order valence-electron chi connectivity index (χ2n) is 6.83. The number of hydrazone groups is 1. The highest BCUT2D eigenvalue weighted by atomic mass is 35.5. The van der Waals surface area contributed by atoms with Gasteiger partial charge in [-0.1, -0.05) is 59.6 Å². The first-order valence-corrected chi connectivity index (χ1v) is 10.5. The number of ether oxygens (including phenoxy) is 2. The third-order valence-corrected chi connectivity index (χ3v) is 5.42. The molecule has 7 nitrogen and oxygen atoms in total. The summed E-state index contributed by atoms with van der Waals surface area (Å²) in [6.45, 7) is 0.126.